The molecule has 0 aliphatic heterocycles. The SMILES string of the molecule is CCCNC(=O)[C@@H](C)N(Cc1ccccc1Cl)C(=O)CN(c1cccc(Cl)c1Cl)S(C)(=O)=O. The molecule has 0 aliphatic rings. The van der Waals surface area contributed by atoms with Gasteiger partial charge >= 0.3 is 0 Å². The maximum absolute atomic E-state index is 13.4. The maximum atomic E-state index is 13.4. The Morgan fingerprint density at radius 3 is 2.27 bits per heavy atom. The normalized spacial score (nSPS) is 12.2. The van der Waals surface area contributed by atoms with E-state index >= 15 is 0 Å². The first-order chi connectivity index (χ1) is 15.5. The Morgan fingerprint density at radius 1 is 1.03 bits per heavy atom. The highest BCUT2D eigenvalue weighted by Gasteiger charge is 2.31. The molecule has 2 amide bonds. The molecule has 1 N–H and O–H groups in total. The number of nitrogens with one attached hydrogen (secondary N) is 1. The molecule has 2 aromatic rings. The quantitative estimate of drug-likeness (QED) is 0.491. The van der Waals surface area contributed by atoms with Crippen LogP contribution in [0.5, 0.6) is 0 Å². The molecule has 2 aromatic carbocycles. The molecule has 1 atom stereocenters. The lowest BCUT2D eigenvalue weighted by molar-refractivity contribution is -0.139. The molecule has 0 spiro atoms. The number of anilines is 1. The van der Waals surface area contributed by atoms with Gasteiger partial charge in [-0.3, -0.25) is 13.9 Å². The van der Waals surface area contributed by atoms with Crippen molar-refractivity contribution in [2.75, 3.05) is 23.7 Å². The van der Waals surface area contributed by atoms with E-state index in [0.29, 0.717) is 17.1 Å². The van der Waals surface area contributed by atoms with Crippen molar-refractivity contribution in [1.29, 1.82) is 0 Å². The fourth-order valence-corrected chi connectivity index (χ4v) is 4.57. The van der Waals surface area contributed by atoms with E-state index in [4.69, 9.17) is 34.8 Å². The number of nitrogens with zero attached hydrogens (tertiary/aromatic N) is 2. The van der Waals surface area contributed by atoms with Gasteiger partial charge in [0.1, 0.15) is 12.6 Å². The van der Waals surface area contributed by atoms with Gasteiger partial charge < -0.3 is 10.2 Å². The minimum atomic E-state index is -3.91. The monoisotopic (exact) mass is 533 g/mol. The van der Waals surface area contributed by atoms with Crippen LogP contribution in [0.4, 0.5) is 5.69 Å². The Bertz CT molecular complexity index is 1110. The number of amides is 2. The summed E-state index contributed by atoms with van der Waals surface area (Å²) >= 11 is 18.6. The van der Waals surface area contributed by atoms with Crippen LogP contribution >= 0.6 is 34.8 Å². The fourth-order valence-electron chi connectivity index (χ4n) is 3.07. The van der Waals surface area contributed by atoms with Crippen molar-refractivity contribution in [2.24, 2.45) is 0 Å². The summed E-state index contributed by atoms with van der Waals surface area (Å²) in [6.45, 7) is 3.38. The summed E-state index contributed by atoms with van der Waals surface area (Å²) in [6.07, 6.45) is 1.69. The summed E-state index contributed by atoms with van der Waals surface area (Å²) in [5, 5.41) is 3.34. The number of benzene rings is 2. The molecule has 0 unspecified atom stereocenters. The average Bonchev–Trinajstić information content (AvgIpc) is 2.76. The van der Waals surface area contributed by atoms with Gasteiger partial charge in [0.25, 0.3) is 0 Å². The topological polar surface area (TPSA) is 86.8 Å². The number of carbonyl (C=O) groups is 2. The Kier molecular flexibility index (Phi) is 9.84. The minimum Gasteiger partial charge on any atom is -0.354 e. The summed E-state index contributed by atoms with van der Waals surface area (Å²) < 4.78 is 26.0. The van der Waals surface area contributed by atoms with Crippen molar-refractivity contribution >= 4 is 62.3 Å². The molecule has 0 aromatic heterocycles. The van der Waals surface area contributed by atoms with Gasteiger partial charge in [0.05, 0.1) is 22.0 Å². The summed E-state index contributed by atoms with van der Waals surface area (Å²) in [4.78, 5) is 27.4. The predicted molar refractivity (Wildman–Crippen MR) is 133 cm³/mol. The van der Waals surface area contributed by atoms with E-state index in [1.165, 1.54) is 23.1 Å². The lowest BCUT2D eigenvalue weighted by atomic mass is 10.1. The van der Waals surface area contributed by atoms with Crippen LogP contribution in [0.2, 0.25) is 15.1 Å². The van der Waals surface area contributed by atoms with E-state index < -0.39 is 28.5 Å². The molecule has 0 bridgehead atoms. The van der Waals surface area contributed by atoms with Gasteiger partial charge in [-0.1, -0.05) is 66.0 Å². The largest absolute Gasteiger partial charge is 0.354 e. The second-order valence-corrected chi connectivity index (χ2v) is 10.5. The lowest BCUT2D eigenvalue weighted by Crippen LogP contribution is -2.51. The van der Waals surface area contributed by atoms with E-state index in [1.54, 1.807) is 31.2 Å². The Hall–Kier alpha value is -2.00. The molecule has 0 aliphatic carbocycles. The van der Waals surface area contributed by atoms with Gasteiger partial charge in [-0.15, -0.1) is 0 Å². The van der Waals surface area contributed by atoms with Crippen LogP contribution < -0.4 is 9.62 Å². The molecule has 0 fully saturated rings. The van der Waals surface area contributed by atoms with Crippen LogP contribution in [0.25, 0.3) is 0 Å². The van der Waals surface area contributed by atoms with E-state index in [1.807, 2.05) is 6.92 Å². The van der Waals surface area contributed by atoms with Crippen LogP contribution in [-0.4, -0.2) is 50.5 Å². The first-order valence-electron chi connectivity index (χ1n) is 10.2. The number of rotatable bonds is 10. The molecule has 11 heteroatoms. The lowest BCUT2D eigenvalue weighted by Gasteiger charge is -2.32. The number of hydrogen-bond acceptors (Lipinski definition) is 4. The van der Waals surface area contributed by atoms with E-state index in [9.17, 15) is 18.0 Å². The average molecular weight is 535 g/mol. The molecule has 2 rings (SSSR count). The first kappa shape index (κ1) is 27.2. The van der Waals surface area contributed by atoms with Crippen LogP contribution in [0.1, 0.15) is 25.8 Å². The Morgan fingerprint density at radius 2 is 1.67 bits per heavy atom. The van der Waals surface area contributed by atoms with Gasteiger partial charge in [-0.25, -0.2) is 8.42 Å². The van der Waals surface area contributed by atoms with Crippen molar-refractivity contribution in [2.45, 2.75) is 32.9 Å². The van der Waals surface area contributed by atoms with Gasteiger partial charge in [-0.2, -0.15) is 0 Å². The standard InChI is InChI=1S/C22H26Cl3N3O4S/c1-4-12-26-22(30)15(2)27(13-16-8-5-6-9-17(16)23)20(29)14-28(33(3,31)32)19-11-7-10-18(24)21(19)25/h5-11,15H,4,12-14H2,1-3H3,(H,26,30)/t15-/m1/s1. The second-order valence-electron chi connectivity index (χ2n) is 7.42. The Labute approximate surface area is 209 Å². The van der Waals surface area contributed by atoms with Crippen molar-refractivity contribution in [3.63, 3.8) is 0 Å². The highest BCUT2D eigenvalue weighted by Crippen LogP contribution is 2.33. The highest BCUT2D eigenvalue weighted by atomic mass is 35.5. The third kappa shape index (κ3) is 7.24. The zero-order valence-electron chi connectivity index (χ0n) is 18.5. The van der Waals surface area contributed by atoms with E-state index in [0.717, 1.165) is 17.0 Å². The van der Waals surface area contributed by atoms with Crippen molar-refractivity contribution in [1.82, 2.24) is 10.2 Å². The van der Waals surface area contributed by atoms with Gasteiger partial charge in [-0.05, 0) is 37.1 Å². The molecule has 7 nitrogen and oxygen atoms in total. The summed E-state index contributed by atoms with van der Waals surface area (Å²) in [6, 6.07) is 10.6. The third-order valence-electron chi connectivity index (χ3n) is 4.89. The molecule has 180 valence electrons. The zero-order valence-corrected chi connectivity index (χ0v) is 21.6. The molecule has 0 radical (unpaired) electrons. The van der Waals surface area contributed by atoms with Gasteiger partial charge in [0.2, 0.25) is 21.8 Å². The van der Waals surface area contributed by atoms with E-state index in [-0.39, 0.29) is 28.2 Å². The van der Waals surface area contributed by atoms with Crippen LogP contribution in [0.3, 0.4) is 0 Å². The summed E-state index contributed by atoms with van der Waals surface area (Å²) in [5.41, 5.74) is 0.690. The van der Waals surface area contributed by atoms with Crippen molar-refractivity contribution in [3.8, 4) is 0 Å². The second kappa shape index (κ2) is 11.9. The van der Waals surface area contributed by atoms with Crippen LogP contribution in [0, 0.1) is 0 Å². The fraction of sp³-hybridized carbons (Fsp3) is 0.364. The smallest absolute Gasteiger partial charge is 0.244 e. The van der Waals surface area contributed by atoms with Crippen LogP contribution in [0.15, 0.2) is 42.5 Å². The first-order valence-corrected chi connectivity index (χ1v) is 13.2. The molecular weight excluding hydrogens is 509 g/mol. The number of halogens is 3. The molecular formula is C22H26Cl3N3O4S. The summed E-state index contributed by atoms with van der Waals surface area (Å²) in [5.74, 6) is -0.959. The van der Waals surface area contributed by atoms with Crippen molar-refractivity contribution < 1.29 is 18.0 Å². The maximum Gasteiger partial charge on any atom is 0.244 e. The number of carbonyl (C=O) groups excluding carboxylic acids is 2. The number of sulfonamides is 1. The van der Waals surface area contributed by atoms with Crippen molar-refractivity contribution in [3.05, 3.63) is 63.1 Å². The van der Waals surface area contributed by atoms with Gasteiger partial charge in [0.15, 0.2) is 0 Å². The summed E-state index contributed by atoms with van der Waals surface area (Å²) in [7, 11) is -3.91. The Balaban J connectivity index is 2.43. The van der Waals surface area contributed by atoms with Crippen LogP contribution in [-0.2, 0) is 26.2 Å². The third-order valence-corrected chi connectivity index (χ3v) is 7.20. The minimum absolute atomic E-state index is 0.00350. The number of hydrogen-bond donors (Lipinski definition) is 1. The molecule has 0 saturated carbocycles. The van der Waals surface area contributed by atoms with E-state index in [2.05, 4.69) is 5.32 Å². The molecule has 0 heterocycles. The van der Waals surface area contributed by atoms with Gasteiger partial charge in [0, 0.05) is 18.1 Å². The highest BCUT2D eigenvalue weighted by molar-refractivity contribution is 7.92. The molecule has 0 saturated heterocycles. The zero-order chi connectivity index (χ0) is 24.8. The molecule has 33 heavy (non-hydrogen) atoms. The predicted octanol–water partition coefficient (Wildman–Crippen LogP) is 4.36.